The lowest BCUT2D eigenvalue weighted by atomic mass is 10.3. The second-order valence-corrected chi connectivity index (χ2v) is 3.55. The van der Waals surface area contributed by atoms with E-state index in [4.69, 9.17) is 0 Å². The fourth-order valence-corrected chi connectivity index (χ4v) is 1.28. The Morgan fingerprint density at radius 1 is 1.53 bits per heavy atom. The molecule has 0 saturated heterocycles. The third-order valence-corrected chi connectivity index (χ3v) is 2.07. The number of aromatic nitrogens is 3. The molecule has 0 aliphatic heterocycles. The maximum absolute atomic E-state index is 12.3. The fraction of sp³-hybridized carbons (Fsp3) is 0.667. The van der Waals surface area contributed by atoms with Gasteiger partial charge in [-0.1, -0.05) is 13.3 Å². The molecule has 8 heteroatoms. The van der Waals surface area contributed by atoms with Crippen molar-refractivity contribution in [1.29, 1.82) is 0 Å². The number of amides is 1. The van der Waals surface area contributed by atoms with E-state index >= 15 is 0 Å². The van der Waals surface area contributed by atoms with Crippen LogP contribution in [0.2, 0.25) is 0 Å². The van der Waals surface area contributed by atoms with Crippen molar-refractivity contribution < 1.29 is 18.0 Å². The predicted octanol–water partition coefficient (Wildman–Crippen LogP) is 1.61. The van der Waals surface area contributed by atoms with E-state index in [-0.39, 0.29) is 12.2 Å². The van der Waals surface area contributed by atoms with E-state index < -0.39 is 18.6 Å². The number of halogens is 3. The van der Waals surface area contributed by atoms with Gasteiger partial charge in [-0.3, -0.25) is 4.79 Å². The van der Waals surface area contributed by atoms with Crippen LogP contribution in [-0.4, -0.2) is 45.5 Å². The molecule has 0 aromatic carbocycles. The zero-order valence-electron chi connectivity index (χ0n) is 9.29. The summed E-state index contributed by atoms with van der Waals surface area (Å²) in [6.45, 7) is 0.632. The number of rotatable bonds is 5. The summed E-state index contributed by atoms with van der Waals surface area (Å²) in [5.41, 5.74) is -0.106. The Labute approximate surface area is 96.0 Å². The highest BCUT2D eigenvalue weighted by atomic mass is 19.4. The molecular formula is C9H13F3N4O. The zero-order valence-corrected chi connectivity index (χ0v) is 9.29. The van der Waals surface area contributed by atoms with Gasteiger partial charge in [-0.25, -0.2) is 0 Å². The molecule has 0 bridgehead atoms. The maximum Gasteiger partial charge on any atom is 0.406 e. The highest BCUT2D eigenvalue weighted by Gasteiger charge is 2.33. The normalized spacial score (nSPS) is 11.5. The Balaban J connectivity index is 2.72. The lowest BCUT2D eigenvalue weighted by molar-refractivity contribution is -0.140. The minimum Gasteiger partial charge on any atom is -0.328 e. The van der Waals surface area contributed by atoms with Crippen LogP contribution in [-0.2, 0) is 0 Å². The monoisotopic (exact) mass is 250 g/mol. The SMILES string of the molecule is CCCCN(CC(F)(F)F)C(=O)c1cn[nH]n1. The van der Waals surface area contributed by atoms with Crippen molar-refractivity contribution in [3.63, 3.8) is 0 Å². The van der Waals surface area contributed by atoms with E-state index in [2.05, 4.69) is 15.4 Å². The molecule has 0 unspecified atom stereocenters. The number of carbonyl (C=O) groups is 1. The van der Waals surface area contributed by atoms with E-state index in [1.807, 2.05) is 6.92 Å². The Hall–Kier alpha value is -1.60. The first-order chi connectivity index (χ1) is 7.94. The first-order valence-electron chi connectivity index (χ1n) is 5.16. The molecule has 0 fully saturated rings. The van der Waals surface area contributed by atoms with Crippen LogP contribution in [0.3, 0.4) is 0 Å². The van der Waals surface area contributed by atoms with E-state index in [1.165, 1.54) is 0 Å². The summed E-state index contributed by atoms with van der Waals surface area (Å²) < 4.78 is 36.9. The van der Waals surface area contributed by atoms with Crippen molar-refractivity contribution in [3.8, 4) is 0 Å². The third-order valence-electron chi connectivity index (χ3n) is 2.07. The minimum absolute atomic E-state index is 0.0572. The van der Waals surface area contributed by atoms with Gasteiger partial charge >= 0.3 is 6.18 Å². The molecule has 0 aliphatic carbocycles. The molecule has 1 N–H and O–H groups in total. The Morgan fingerprint density at radius 2 is 2.24 bits per heavy atom. The van der Waals surface area contributed by atoms with Crippen molar-refractivity contribution in [2.24, 2.45) is 0 Å². The smallest absolute Gasteiger partial charge is 0.328 e. The van der Waals surface area contributed by atoms with Crippen LogP contribution in [0.1, 0.15) is 30.3 Å². The number of H-pyrrole nitrogens is 1. The number of nitrogens with zero attached hydrogens (tertiary/aromatic N) is 3. The Morgan fingerprint density at radius 3 is 2.71 bits per heavy atom. The van der Waals surface area contributed by atoms with Gasteiger partial charge in [0.15, 0.2) is 5.69 Å². The Bertz CT molecular complexity index is 350. The zero-order chi connectivity index (χ0) is 12.9. The standard InChI is InChI=1S/C9H13F3N4O/c1-2-3-4-16(6-9(10,11)12)8(17)7-5-13-15-14-7/h5H,2-4,6H2,1H3,(H,13,14,15). The van der Waals surface area contributed by atoms with Crippen molar-refractivity contribution in [3.05, 3.63) is 11.9 Å². The van der Waals surface area contributed by atoms with Gasteiger partial charge in [0.05, 0.1) is 6.20 Å². The van der Waals surface area contributed by atoms with Gasteiger partial charge in [0.1, 0.15) is 6.54 Å². The first kappa shape index (κ1) is 13.5. The molecule has 1 aromatic rings. The molecule has 17 heavy (non-hydrogen) atoms. The summed E-state index contributed by atoms with van der Waals surface area (Å²) in [7, 11) is 0. The number of hydrogen-bond donors (Lipinski definition) is 1. The van der Waals surface area contributed by atoms with E-state index in [0.717, 1.165) is 11.1 Å². The van der Waals surface area contributed by atoms with Crippen molar-refractivity contribution in [2.45, 2.75) is 25.9 Å². The number of carbonyl (C=O) groups excluding carboxylic acids is 1. The highest BCUT2D eigenvalue weighted by molar-refractivity contribution is 5.91. The quantitative estimate of drug-likeness (QED) is 0.863. The predicted molar refractivity (Wildman–Crippen MR) is 53.2 cm³/mol. The molecule has 1 rings (SSSR count). The first-order valence-corrected chi connectivity index (χ1v) is 5.16. The van der Waals surface area contributed by atoms with Crippen molar-refractivity contribution in [1.82, 2.24) is 20.3 Å². The number of unbranched alkanes of at least 4 members (excludes halogenated alkanes) is 1. The van der Waals surface area contributed by atoms with Crippen LogP contribution in [0.25, 0.3) is 0 Å². The van der Waals surface area contributed by atoms with Gasteiger partial charge in [0, 0.05) is 6.54 Å². The van der Waals surface area contributed by atoms with Crippen LogP contribution < -0.4 is 0 Å². The molecule has 0 spiro atoms. The molecule has 0 saturated carbocycles. The van der Waals surface area contributed by atoms with Gasteiger partial charge in [-0.05, 0) is 6.42 Å². The molecule has 1 aromatic heterocycles. The van der Waals surface area contributed by atoms with Gasteiger partial charge < -0.3 is 4.90 Å². The van der Waals surface area contributed by atoms with E-state index in [9.17, 15) is 18.0 Å². The summed E-state index contributed by atoms with van der Waals surface area (Å²) in [5, 5.41) is 9.07. The van der Waals surface area contributed by atoms with Gasteiger partial charge in [-0.15, -0.1) is 0 Å². The molecule has 96 valence electrons. The molecular weight excluding hydrogens is 237 g/mol. The van der Waals surface area contributed by atoms with Crippen LogP contribution in [0.5, 0.6) is 0 Å². The lowest BCUT2D eigenvalue weighted by Gasteiger charge is -2.22. The number of alkyl halides is 3. The molecule has 1 amide bonds. The lowest BCUT2D eigenvalue weighted by Crippen LogP contribution is -2.39. The highest BCUT2D eigenvalue weighted by Crippen LogP contribution is 2.18. The second-order valence-electron chi connectivity index (χ2n) is 3.55. The average Bonchev–Trinajstić information content (AvgIpc) is 2.74. The minimum atomic E-state index is -4.41. The maximum atomic E-state index is 12.3. The molecule has 0 atom stereocenters. The Kier molecular flexibility index (Phi) is 4.47. The molecule has 5 nitrogen and oxygen atoms in total. The topological polar surface area (TPSA) is 61.9 Å². The van der Waals surface area contributed by atoms with Gasteiger partial charge in [0.2, 0.25) is 0 Å². The number of aromatic amines is 1. The van der Waals surface area contributed by atoms with Gasteiger partial charge in [0.25, 0.3) is 5.91 Å². The summed E-state index contributed by atoms with van der Waals surface area (Å²) in [6, 6.07) is 0. The third kappa shape index (κ3) is 4.41. The summed E-state index contributed by atoms with van der Waals surface area (Å²) in [5.74, 6) is -0.760. The largest absolute Gasteiger partial charge is 0.406 e. The summed E-state index contributed by atoms with van der Waals surface area (Å²) in [4.78, 5) is 12.4. The average molecular weight is 250 g/mol. The molecule has 0 radical (unpaired) electrons. The van der Waals surface area contributed by atoms with Crippen LogP contribution in [0.4, 0.5) is 13.2 Å². The number of hydrogen-bond acceptors (Lipinski definition) is 3. The molecule has 0 aliphatic rings. The summed E-state index contributed by atoms with van der Waals surface area (Å²) >= 11 is 0. The number of nitrogens with one attached hydrogen (secondary N) is 1. The fourth-order valence-electron chi connectivity index (χ4n) is 1.28. The van der Waals surface area contributed by atoms with Gasteiger partial charge in [-0.2, -0.15) is 28.6 Å². The van der Waals surface area contributed by atoms with Crippen molar-refractivity contribution >= 4 is 5.91 Å². The van der Waals surface area contributed by atoms with Crippen LogP contribution in [0, 0.1) is 0 Å². The van der Waals surface area contributed by atoms with Crippen LogP contribution >= 0.6 is 0 Å². The van der Waals surface area contributed by atoms with E-state index in [0.29, 0.717) is 12.8 Å². The molecule has 1 heterocycles. The van der Waals surface area contributed by atoms with Crippen molar-refractivity contribution in [2.75, 3.05) is 13.1 Å². The van der Waals surface area contributed by atoms with E-state index in [1.54, 1.807) is 0 Å². The summed E-state index contributed by atoms with van der Waals surface area (Å²) in [6.07, 6.45) is -2.08. The second kappa shape index (κ2) is 5.65. The van der Waals surface area contributed by atoms with Crippen LogP contribution in [0.15, 0.2) is 6.20 Å².